The van der Waals surface area contributed by atoms with E-state index < -0.39 is 17.8 Å². The van der Waals surface area contributed by atoms with Crippen molar-refractivity contribution >= 4 is 17.8 Å². The molecule has 24 heavy (non-hydrogen) atoms. The molecule has 7 nitrogen and oxygen atoms in total. The average molecular weight is 327 g/mol. The van der Waals surface area contributed by atoms with Crippen molar-refractivity contribution in [3.05, 3.63) is 54.1 Å². The third-order valence-corrected chi connectivity index (χ3v) is 3.34. The summed E-state index contributed by atoms with van der Waals surface area (Å²) in [6, 6.07) is 12.2. The molecule has 0 aliphatic carbocycles. The second-order valence-electron chi connectivity index (χ2n) is 5.08. The van der Waals surface area contributed by atoms with Gasteiger partial charge in [-0.25, -0.2) is 4.79 Å². The molecule has 2 aromatic rings. The summed E-state index contributed by atoms with van der Waals surface area (Å²) in [6.45, 7) is 0. The molecule has 0 saturated carbocycles. The minimum absolute atomic E-state index is 0.0471. The Hall–Kier alpha value is -3.35. The maximum absolute atomic E-state index is 12.0. The van der Waals surface area contributed by atoms with E-state index in [1.54, 1.807) is 24.3 Å². The first-order chi connectivity index (χ1) is 11.5. The van der Waals surface area contributed by atoms with Gasteiger partial charge in [0.05, 0.1) is 5.56 Å². The Morgan fingerprint density at radius 3 is 1.92 bits per heavy atom. The molecular formula is C17H13NO6. The Labute approximate surface area is 137 Å². The van der Waals surface area contributed by atoms with Crippen LogP contribution in [-0.4, -0.2) is 28.0 Å². The molecule has 0 atom stereocenters. The SMILES string of the molecule is O=C(ON1C(=O)CCC1=O)c1ccc(Oc2ccc(O)cc2)cc1. The Kier molecular flexibility index (Phi) is 4.15. The number of benzene rings is 2. The highest BCUT2D eigenvalue weighted by Gasteiger charge is 2.33. The van der Waals surface area contributed by atoms with E-state index in [2.05, 4.69) is 0 Å². The zero-order valence-corrected chi connectivity index (χ0v) is 12.5. The van der Waals surface area contributed by atoms with Gasteiger partial charge in [-0.1, -0.05) is 0 Å². The Morgan fingerprint density at radius 1 is 0.875 bits per heavy atom. The molecule has 1 aliphatic rings. The second-order valence-corrected chi connectivity index (χ2v) is 5.08. The van der Waals surface area contributed by atoms with E-state index >= 15 is 0 Å². The fourth-order valence-electron chi connectivity index (χ4n) is 2.10. The monoisotopic (exact) mass is 327 g/mol. The van der Waals surface area contributed by atoms with Gasteiger partial charge in [-0.2, -0.15) is 0 Å². The minimum Gasteiger partial charge on any atom is -0.508 e. The van der Waals surface area contributed by atoms with E-state index in [0.29, 0.717) is 16.6 Å². The van der Waals surface area contributed by atoms with Gasteiger partial charge in [0, 0.05) is 12.8 Å². The lowest BCUT2D eigenvalue weighted by Crippen LogP contribution is -2.32. The van der Waals surface area contributed by atoms with Gasteiger partial charge in [-0.3, -0.25) is 9.59 Å². The molecule has 1 aliphatic heterocycles. The molecule has 0 aromatic heterocycles. The van der Waals surface area contributed by atoms with Gasteiger partial charge in [0.15, 0.2) is 0 Å². The fraction of sp³-hybridized carbons (Fsp3) is 0.118. The summed E-state index contributed by atoms with van der Waals surface area (Å²) in [5, 5.41) is 9.72. The number of carbonyl (C=O) groups is 3. The first-order valence-electron chi connectivity index (χ1n) is 7.18. The number of imide groups is 1. The van der Waals surface area contributed by atoms with Crippen LogP contribution in [0.3, 0.4) is 0 Å². The van der Waals surface area contributed by atoms with Crippen molar-refractivity contribution < 1.29 is 29.1 Å². The largest absolute Gasteiger partial charge is 0.508 e. The summed E-state index contributed by atoms with van der Waals surface area (Å²) in [5.74, 6) is -0.718. The number of amides is 2. The van der Waals surface area contributed by atoms with Crippen LogP contribution in [0.15, 0.2) is 48.5 Å². The van der Waals surface area contributed by atoms with Gasteiger partial charge in [-0.15, -0.1) is 5.06 Å². The zero-order valence-electron chi connectivity index (χ0n) is 12.5. The van der Waals surface area contributed by atoms with Crippen LogP contribution in [-0.2, 0) is 14.4 Å². The van der Waals surface area contributed by atoms with Crippen LogP contribution in [0.1, 0.15) is 23.2 Å². The molecular weight excluding hydrogens is 314 g/mol. The summed E-state index contributed by atoms with van der Waals surface area (Å²) < 4.78 is 5.55. The van der Waals surface area contributed by atoms with E-state index in [0.717, 1.165) is 0 Å². The van der Waals surface area contributed by atoms with E-state index in [1.807, 2.05) is 0 Å². The number of nitrogens with zero attached hydrogens (tertiary/aromatic N) is 1. The summed E-state index contributed by atoms with van der Waals surface area (Å²) >= 11 is 0. The molecule has 7 heteroatoms. The van der Waals surface area contributed by atoms with Crippen molar-refractivity contribution in [3.63, 3.8) is 0 Å². The van der Waals surface area contributed by atoms with Crippen molar-refractivity contribution in [3.8, 4) is 17.2 Å². The van der Waals surface area contributed by atoms with Crippen LogP contribution in [0.4, 0.5) is 0 Å². The van der Waals surface area contributed by atoms with Crippen molar-refractivity contribution in [2.24, 2.45) is 0 Å². The molecule has 1 fully saturated rings. The third kappa shape index (κ3) is 3.35. The molecule has 122 valence electrons. The Morgan fingerprint density at radius 2 is 1.38 bits per heavy atom. The van der Waals surface area contributed by atoms with Crippen LogP contribution in [0.2, 0.25) is 0 Å². The van der Waals surface area contributed by atoms with Crippen LogP contribution in [0, 0.1) is 0 Å². The normalized spacial score (nSPS) is 13.9. The third-order valence-electron chi connectivity index (χ3n) is 3.34. The predicted molar refractivity (Wildman–Crippen MR) is 81.1 cm³/mol. The average Bonchev–Trinajstić information content (AvgIpc) is 2.89. The zero-order chi connectivity index (χ0) is 17.1. The molecule has 0 bridgehead atoms. The predicted octanol–water partition coefficient (Wildman–Crippen LogP) is 2.41. The van der Waals surface area contributed by atoms with Gasteiger partial charge in [-0.05, 0) is 48.5 Å². The lowest BCUT2D eigenvalue weighted by molar-refractivity contribution is -0.172. The van der Waals surface area contributed by atoms with Gasteiger partial charge >= 0.3 is 5.97 Å². The number of phenols is 1. The summed E-state index contributed by atoms with van der Waals surface area (Å²) in [6.07, 6.45) is 0.0943. The molecule has 3 rings (SSSR count). The molecule has 0 spiro atoms. The van der Waals surface area contributed by atoms with E-state index in [9.17, 15) is 19.5 Å². The highest BCUT2D eigenvalue weighted by Crippen LogP contribution is 2.24. The van der Waals surface area contributed by atoms with E-state index in [4.69, 9.17) is 9.57 Å². The Balaban J connectivity index is 1.65. The van der Waals surface area contributed by atoms with Crippen molar-refractivity contribution in [1.82, 2.24) is 5.06 Å². The molecule has 2 aromatic carbocycles. The standard InChI is InChI=1S/C17H13NO6/c19-12-3-7-14(8-4-12)23-13-5-1-11(2-6-13)17(22)24-18-15(20)9-10-16(18)21/h1-8,19H,9-10H2. The van der Waals surface area contributed by atoms with Gasteiger partial charge < -0.3 is 14.7 Å². The minimum atomic E-state index is -0.796. The number of aromatic hydroxyl groups is 1. The van der Waals surface area contributed by atoms with Crippen LogP contribution in [0.25, 0.3) is 0 Å². The first-order valence-corrected chi connectivity index (χ1v) is 7.18. The fourth-order valence-corrected chi connectivity index (χ4v) is 2.10. The number of phenolic OH excluding ortho intramolecular Hbond substituents is 1. The molecule has 1 saturated heterocycles. The Bertz CT molecular complexity index is 766. The van der Waals surface area contributed by atoms with Crippen molar-refractivity contribution in [2.75, 3.05) is 0 Å². The summed E-state index contributed by atoms with van der Waals surface area (Å²) in [5.41, 5.74) is 0.181. The van der Waals surface area contributed by atoms with Crippen molar-refractivity contribution in [1.29, 1.82) is 0 Å². The second kappa shape index (κ2) is 6.41. The van der Waals surface area contributed by atoms with E-state index in [-0.39, 0.29) is 24.2 Å². The van der Waals surface area contributed by atoms with Gasteiger partial charge in [0.2, 0.25) is 0 Å². The topological polar surface area (TPSA) is 93.1 Å². The van der Waals surface area contributed by atoms with Crippen molar-refractivity contribution in [2.45, 2.75) is 12.8 Å². The number of ether oxygens (including phenoxy) is 1. The number of rotatable bonds is 4. The molecule has 2 amide bonds. The number of carbonyl (C=O) groups excluding carboxylic acids is 3. The van der Waals surface area contributed by atoms with E-state index in [1.165, 1.54) is 24.3 Å². The molecule has 0 unspecified atom stereocenters. The van der Waals surface area contributed by atoms with Crippen LogP contribution in [0.5, 0.6) is 17.2 Å². The van der Waals surface area contributed by atoms with Gasteiger partial charge in [0.1, 0.15) is 17.2 Å². The van der Waals surface area contributed by atoms with Crippen LogP contribution < -0.4 is 4.74 Å². The molecule has 1 N–H and O–H groups in total. The number of hydroxylamine groups is 2. The summed E-state index contributed by atoms with van der Waals surface area (Å²) in [7, 11) is 0. The molecule has 0 radical (unpaired) electrons. The maximum atomic E-state index is 12.0. The van der Waals surface area contributed by atoms with Gasteiger partial charge in [0.25, 0.3) is 11.8 Å². The lowest BCUT2D eigenvalue weighted by atomic mass is 10.2. The number of hydrogen-bond donors (Lipinski definition) is 1. The smallest absolute Gasteiger partial charge is 0.363 e. The highest BCUT2D eigenvalue weighted by atomic mass is 16.7. The van der Waals surface area contributed by atoms with Crippen LogP contribution >= 0.6 is 0 Å². The lowest BCUT2D eigenvalue weighted by Gasteiger charge is -2.12. The summed E-state index contributed by atoms with van der Waals surface area (Å²) in [4.78, 5) is 39.6. The number of hydrogen-bond acceptors (Lipinski definition) is 6. The first kappa shape index (κ1) is 15.5. The maximum Gasteiger partial charge on any atom is 0.363 e. The quantitative estimate of drug-likeness (QED) is 0.867. The highest BCUT2D eigenvalue weighted by molar-refractivity contribution is 6.02. The molecule has 1 heterocycles.